The van der Waals surface area contributed by atoms with Gasteiger partial charge in [-0.3, -0.25) is 4.79 Å². The molecule has 0 amide bonds. The molecule has 0 aliphatic heterocycles. The second-order valence-corrected chi connectivity index (χ2v) is 6.37. The molecule has 1 heterocycles. The third-order valence-electron chi connectivity index (χ3n) is 4.02. The number of rotatable bonds is 4. The number of thiazole rings is 1. The number of aryl methyl sites for hydroxylation is 1. The topological polar surface area (TPSA) is 62.2 Å². The van der Waals surface area contributed by atoms with E-state index in [0.717, 1.165) is 42.6 Å². The molecule has 1 saturated carbocycles. The van der Waals surface area contributed by atoms with Crippen LogP contribution in [0.25, 0.3) is 0 Å². The molecule has 1 unspecified atom stereocenters. The lowest BCUT2D eigenvalue weighted by Gasteiger charge is -2.25. The normalized spacial score (nSPS) is 23.2. The molecule has 0 spiro atoms. The van der Waals surface area contributed by atoms with Gasteiger partial charge in [0, 0.05) is 11.4 Å². The van der Waals surface area contributed by atoms with Crippen LogP contribution >= 0.6 is 11.3 Å². The molecule has 1 aromatic heterocycles. The van der Waals surface area contributed by atoms with Crippen molar-refractivity contribution in [2.45, 2.75) is 44.4 Å². The lowest BCUT2D eigenvalue weighted by Crippen LogP contribution is -2.21. The van der Waals surface area contributed by atoms with Crippen LogP contribution in [0.2, 0.25) is 0 Å². The second kappa shape index (κ2) is 4.88. The predicted octanol–water partition coefficient (Wildman–Crippen LogP) is 2.86. The average Bonchev–Trinajstić information content (AvgIpc) is 2.68. The summed E-state index contributed by atoms with van der Waals surface area (Å²) >= 11 is 1.65. The molecule has 2 N–H and O–H groups in total. The highest BCUT2D eigenvalue weighted by Gasteiger charge is 2.30. The summed E-state index contributed by atoms with van der Waals surface area (Å²) in [5.41, 5.74) is 0.815. The van der Waals surface area contributed by atoms with E-state index in [1.54, 1.807) is 11.3 Å². The molecule has 3 rings (SSSR count). The second-order valence-electron chi connectivity index (χ2n) is 5.29. The van der Waals surface area contributed by atoms with E-state index in [4.69, 9.17) is 0 Å². The molecule has 18 heavy (non-hydrogen) atoms. The summed E-state index contributed by atoms with van der Waals surface area (Å²) in [7, 11) is 0. The number of carboxylic acids is 1. The molecular formula is C13H18N2O2S. The fourth-order valence-electron chi connectivity index (χ4n) is 2.66. The Labute approximate surface area is 110 Å². The van der Waals surface area contributed by atoms with Gasteiger partial charge in [0.15, 0.2) is 5.13 Å². The van der Waals surface area contributed by atoms with Crippen LogP contribution in [-0.2, 0) is 11.2 Å². The molecule has 1 aromatic rings. The van der Waals surface area contributed by atoms with Gasteiger partial charge in [0.2, 0.25) is 0 Å². The molecule has 4 nitrogen and oxygen atoms in total. The zero-order chi connectivity index (χ0) is 12.5. The number of aliphatic carboxylic acids is 1. The van der Waals surface area contributed by atoms with Gasteiger partial charge in [-0.25, -0.2) is 4.98 Å². The summed E-state index contributed by atoms with van der Waals surface area (Å²) in [5.74, 6) is -0.322. The molecule has 0 bridgehead atoms. The standard InChI is InChI=1S/C13H18N2O2S/c16-12(17)9-5-2-6-10-11(9)15-13(18-10)14-7-8-3-1-4-8/h8-9H,1-7H2,(H,14,15)(H,16,17). The maximum atomic E-state index is 11.2. The minimum absolute atomic E-state index is 0.385. The molecular weight excluding hydrogens is 248 g/mol. The molecule has 2 aliphatic rings. The van der Waals surface area contributed by atoms with Gasteiger partial charge < -0.3 is 10.4 Å². The summed E-state index contributed by atoms with van der Waals surface area (Å²) in [6.07, 6.45) is 6.66. The molecule has 98 valence electrons. The number of fused-ring (bicyclic) bond motifs is 1. The summed E-state index contributed by atoms with van der Waals surface area (Å²) in [6, 6.07) is 0. The lowest BCUT2D eigenvalue weighted by atomic mass is 9.85. The summed E-state index contributed by atoms with van der Waals surface area (Å²) < 4.78 is 0. The number of carboxylic acid groups (broad SMARTS) is 1. The van der Waals surface area contributed by atoms with Crippen molar-refractivity contribution in [1.82, 2.24) is 4.98 Å². The van der Waals surface area contributed by atoms with Crippen LogP contribution in [0.5, 0.6) is 0 Å². The van der Waals surface area contributed by atoms with Crippen LogP contribution in [-0.4, -0.2) is 22.6 Å². The summed E-state index contributed by atoms with van der Waals surface area (Å²) in [6.45, 7) is 0.990. The fourth-order valence-corrected chi connectivity index (χ4v) is 3.73. The Bertz CT molecular complexity index is 454. The van der Waals surface area contributed by atoms with Crippen molar-refractivity contribution in [3.05, 3.63) is 10.6 Å². The maximum absolute atomic E-state index is 11.2. The molecule has 0 aromatic carbocycles. The van der Waals surface area contributed by atoms with Gasteiger partial charge in [-0.2, -0.15) is 0 Å². The quantitative estimate of drug-likeness (QED) is 0.879. The zero-order valence-electron chi connectivity index (χ0n) is 10.3. The van der Waals surface area contributed by atoms with Crippen molar-refractivity contribution in [1.29, 1.82) is 0 Å². The monoisotopic (exact) mass is 266 g/mol. The van der Waals surface area contributed by atoms with Gasteiger partial charge in [-0.15, -0.1) is 11.3 Å². The van der Waals surface area contributed by atoms with Crippen molar-refractivity contribution in [2.75, 3.05) is 11.9 Å². The Morgan fingerprint density at radius 1 is 1.39 bits per heavy atom. The van der Waals surface area contributed by atoms with E-state index in [9.17, 15) is 9.90 Å². The Hall–Kier alpha value is -1.10. The van der Waals surface area contributed by atoms with E-state index < -0.39 is 5.97 Å². The van der Waals surface area contributed by atoms with E-state index in [-0.39, 0.29) is 5.92 Å². The summed E-state index contributed by atoms with van der Waals surface area (Å²) in [5, 5.41) is 13.5. The van der Waals surface area contributed by atoms with Crippen LogP contribution in [0.4, 0.5) is 5.13 Å². The molecule has 0 saturated heterocycles. The maximum Gasteiger partial charge on any atom is 0.312 e. The van der Waals surface area contributed by atoms with Crippen molar-refractivity contribution in [2.24, 2.45) is 5.92 Å². The third kappa shape index (κ3) is 2.23. The van der Waals surface area contributed by atoms with E-state index >= 15 is 0 Å². The summed E-state index contributed by atoms with van der Waals surface area (Å²) in [4.78, 5) is 16.9. The first-order valence-electron chi connectivity index (χ1n) is 6.70. The minimum Gasteiger partial charge on any atom is -0.481 e. The van der Waals surface area contributed by atoms with Crippen LogP contribution in [0.15, 0.2) is 0 Å². The highest BCUT2D eigenvalue weighted by atomic mass is 32.1. The fraction of sp³-hybridized carbons (Fsp3) is 0.692. The minimum atomic E-state index is -0.730. The van der Waals surface area contributed by atoms with Gasteiger partial charge >= 0.3 is 5.97 Å². The van der Waals surface area contributed by atoms with Crippen LogP contribution < -0.4 is 5.32 Å². The highest BCUT2D eigenvalue weighted by molar-refractivity contribution is 7.15. The van der Waals surface area contributed by atoms with E-state index in [2.05, 4.69) is 10.3 Å². The van der Waals surface area contributed by atoms with Crippen molar-refractivity contribution >= 4 is 22.4 Å². The molecule has 0 radical (unpaired) electrons. The molecule has 5 heteroatoms. The number of hydrogen-bond acceptors (Lipinski definition) is 4. The number of aromatic nitrogens is 1. The Balaban J connectivity index is 1.71. The van der Waals surface area contributed by atoms with Crippen LogP contribution in [0.3, 0.4) is 0 Å². The average molecular weight is 266 g/mol. The van der Waals surface area contributed by atoms with E-state index in [0.29, 0.717) is 0 Å². The van der Waals surface area contributed by atoms with E-state index in [1.807, 2.05) is 0 Å². The first-order chi connectivity index (χ1) is 8.74. The molecule has 1 atom stereocenters. The number of nitrogens with one attached hydrogen (secondary N) is 1. The van der Waals surface area contributed by atoms with Crippen molar-refractivity contribution in [3.8, 4) is 0 Å². The lowest BCUT2D eigenvalue weighted by molar-refractivity contribution is -0.139. The Morgan fingerprint density at radius 2 is 2.22 bits per heavy atom. The van der Waals surface area contributed by atoms with Crippen molar-refractivity contribution in [3.63, 3.8) is 0 Å². The Morgan fingerprint density at radius 3 is 2.89 bits per heavy atom. The predicted molar refractivity (Wildman–Crippen MR) is 71.3 cm³/mol. The Kier molecular flexibility index (Phi) is 3.24. The number of nitrogens with zero attached hydrogens (tertiary/aromatic N) is 1. The van der Waals surface area contributed by atoms with Gasteiger partial charge in [0.25, 0.3) is 0 Å². The number of hydrogen-bond donors (Lipinski definition) is 2. The van der Waals surface area contributed by atoms with Crippen molar-refractivity contribution < 1.29 is 9.90 Å². The van der Waals surface area contributed by atoms with Gasteiger partial charge in [0.05, 0.1) is 5.69 Å². The third-order valence-corrected chi connectivity index (χ3v) is 5.11. The SMILES string of the molecule is O=C(O)C1CCCc2sc(NCC3CCC3)nc21. The van der Waals surface area contributed by atoms with Crippen LogP contribution in [0.1, 0.15) is 48.6 Å². The van der Waals surface area contributed by atoms with Gasteiger partial charge in [-0.05, 0) is 38.0 Å². The van der Waals surface area contributed by atoms with Gasteiger partial charge in [0.1, 0.15) is 5.92 Å². The number of anilines is 1. The number of carbonyl (C=O) groups is 1. The van der Waals surface area contributed by atoms with Crippen LogP contribution in [0, 0.1) is 5.92 Å². The molecule has 2 aliphatic carbocycles. The highest BCUT2D eigenvalue weighted by Crippen LogP contribution is 2.37. The van der Waals surface area contributed by atoms with E-state index in [1.165, 1.54) is 24.1 Å². The van der Waals surface area contributed by atoms with Gasteiger partial charge in [-0.1, -0.05) is 6.42 Å². The smallest absolute Gasteiger partial charge is 0.312 e. The first kappa shape index (κ1) is 12.0. The molecule has 1 fully saturated rings. The largest absolute Gasteiger partial charge is 0.481 e. The first-order valence-corrected chi connectivity index (χ1v) is 7.52. The zero-order valence-corrected chi connectivity index (χ0v) is 11.1.